The third-order valence-electron chi connectivity index (χ3n) is 17.0. The minimum Gasteiger partial charge on any atom is -0.478 e. The van der Waals surface area contributed by atoms with E-state index in [-0.39, 0.29) is 58.2 Å². The van der Waals surface area contributed by atoms with Gasteiger partial charge in [-0.15, -0.1) is 0 Å². The van der Waals surface area contributed by atoms with Crippen LogP contribution in [0, 0.1) is 17.3 Å². The number of carbonyl (C=O) groups is 8. The molecule has 5 aromatic carbocycles. The average Bonchev–Trinajstić information content (AvgIpc) is 1.08. The van der Waals surface area contributed by atoms with Crippen molar-refractivity contribution in [1.29, 1.82) is 0 Å². The number of hydrogen-bond acceptors (Lipinski definition) is 10. The quantitative estimate of drug-likeness (QED) is 0.0224. The summed E-state index contributed by atoms with van der Waals surface area (Å²) >= 11 is 0. The van der Waals surface area contributed by atoms with Crippen LogP contribution in [0.4, 0.5) is 0 Å². The zero-order valence-electron chi connectivity index (χ0n) is 55.6. The van der Waals surface area contributed by atoms with Crippen molar-refractivity contribution in [2.75, 3.05) is 28.2 Å². The van der Waals surface area contributed by atoms with Gasteiger partial charge in [0.25, 0.3) is 0 Å². The molecule has 5 rings (SSSR count). The van der Waals surface area contributed by atoms with Gasteiger partial charge < -0.3 is 41.3 Å². The predicted octanol–water partition coefficient (Wildman–Crippen LogP) is 10.6. The fourth-order valence-electron chi connectivity index (χ4n) is 11.1. The number of ketones is 2. The summed E-state index contributed by atoms with van der Waals surface area (Å²) in [4.78, 5) is 109. The summed E-state index contributed by atoms with van der Waals surface area (Å²) in [6.07, 6.45) is 3.16. The fraction of sp³-hybridized carbons (Fsp3) is 0.425. The van der Waals surface area contributed by atoms with Gasteiger partial charge in [-0.3, -0.25) is 28.8 Å². The van der Waals surface area contributed by atoms with E-state index in [0.29, 0.717) is 22.3 Å². The van der Waals surface area contributed by atoms with E-state index in [2.05, 4.69) is 21.3 Å². The molecule has 0 fully saturated rings. The Hall–Kier alpha value is -8.34. The predicted molar refractivity (Wildman–Crippen MR) is 353 cm³/mol. The summed E-state index contributed by atoms with van der Waals surface area (Å²) in [7, 11) is 6.70. The molecule has 0 bridgehead atoms. The van der Waals surface area contributed by atoms with Crippen molar-refractivity contribution in [3.05, 3.63) is 202 Å². The number of amides is 4. The number of aliphatic carboxylic acids is 2. The maximum Gasteiger partial charge on any atom is 0.331 e. The highest BCUT2D eigenvalue weighted by Gasteiger charge is 2.45. The molecule has 6 atom stereocenters. The van der Waals surface area contributed by atoms with Crippen LogP contribution in [0.3, 0.4) is 0 Å². The summed E-state index contributed by atoms with van der Waals surface area (Å²) < 4.78 is 0. The van der Waals surface area contributed by atoms with E-state index in [4.69, 9.17) is 0 Å². The molecule has 16 nitrogen and oxygen atoms in total. The lowest BCUT2D eigenvalue weighted by atomic mass is 9.74. The molecule has 0 aromatic heterocycles. The summed E-state index contributed by atoms with van der Waals surface area (Å²) in [6, 6.07) is 37.9. The van der Waals surface area contributed by atoms with Gasteiger partial charge in [-0.25, -0.2) is 9.59 Å². The van der Waals surface area contributed by atoms with Crippen molar-refractivity contribution in [2.45, 2.75) is 156 Å². The summed E-state index contributed by atoms with van der Waals surface area (Å²) in [6.45, 7) is 27.9. The summed E-state index contributed by atoms with van der Waals surface area (Å²) in [5, 5.41) is 31.4. The molecule has 0 radical (unpaired) electrons. The topological polar surface area (TPSA) is 232 Å². The average molecular weight is 1220 g/mol. The van der Waals surface area contributed by atoms with Crippen molar-refractivity contribution in [3.8, 4) is 0 Å². The molecule has 0 spiro atoms. The lowest BCUT2D eigenvalue weighted by molar-refractivity contribution is -0.141. The number of carboxylic acids is 2. The van der Waals surface area contributed by atoms with Gasteiger partial charge in [-0.05, 0) is 61.9 Å². The number of hydrogen-bond donors (Lipinski definition) is 6. The Kier molecular flexibility index (Phi) is 25.6. The molecular weight excluding hydrogens is 1120 g/mol. The van der Waals surface area contributed by atoms with E-state index in [0.717, 1.165) is 16.7 Å². The van der Waals surface area contributed by atoms with Gasteiger partial charge in [0.2, 0.25) is 23.6 Å². The lowest BCUT2D eigenvalue weighted by Gasteiger charge is -2.41. The van der Waals surface area contributed by atoms with Gasteiger partial charge >= 0.3 is 11.9 Å². The monoisotopic (exact) mass is 1220 g/mol. The lowest BCUT2D eigenvalue weighted by Crippen LogP contribution is -2.63. The van der Waals surface area contributed by atoms with E-state index in [1.165, 1.54) is 23.6 Å². The molecule has 0 aliphatic rings. The summed E-state index contributed by atoms with van der Waals surface area (Å²) in [5.41, 5.74) is 2.17. The molecule has 0 unspecified atom stereocenters. The number of carbonyl (C=O) groups excluding carboxylic acids is 6. The first-order valence-corrected chi connectivity index (χ1v) is 30.2. The van der Waals surface area contributed by atoms with Crippen molar-refractivity contribution >= 4 is 47.1 Å². The molecule has 478 valence electrons. The smallest absolute Gasteiger partial charge is 0.331 e. The Balaban J connectivity index is 0.000000383. The van der Waals surface area contributed by atoms with Gasteiger partial charge in [-0.2, -0.15) is 0 Å². The van der Waals surface area contributed by atoms with Gasteiger partial charge in [0, 0.05) is 63.7 Å². The third kappa shape index (κ3) is 18.4. The van der Waals surface area contributed by atoms with Crippen LogP contribution < -0.4 is 21.3 Å². The van der Waals surface area contributed by atoms with Gasteiger partial charge in [0.05, 0.1) is 24.2 Å². The first kappa shape index (κ1) is 73.1. The van der Waals surface area contributed by atoms with Crippen LogP contribution in [0.5, 0.6) is 0 Å². The third-order valence-corrected chi connectivity index (χ3v) is 17.0. The maximum absolute atomic E-state index is 14.5. The second-order valence-corrected chi connectivity index (χ2v) is 26.4. The first-order valence-electron chi connectivity index (χ1n) is 30.2. The van der Waals surface area contributed by atoms with Crippen LogP contribution >= 0.6 is 0 Å². The van der Waals surface area contributed by atoms with Crippen LogP contribution in [0.2, 0.25) is 0 Å². The van der Waals surface area contributed by atoms with E-state index in [1.807, 2.05) is 181 Å². The van der Waals surface area contributed by atoms with E-state index >= 15 is 0 Å². The number of carboxylic acid groups (broad SMARTS) is 2. The zero-order chi connectivity index (χ0) is 67.1. The molecule has 0 saturated carbocycles. The molecule has 0 heterocycles. The highest BCUT2D eigenvalue weighted by molar-refractivity contribution is 6.09. The van der Waals surface area contributed by atoms with Crippen LogP contribution in [0.25, 0.3) is 0 Å². The first-order chi connectivity index (χ1) is 41.5. The molecule has 4 amide bonds. The normalized spacial score (nSPS) is 14.4. The number of nitrogens with one attached hydrogen (secondary N) is 4. The molecule has 16 heteroatoms. The van der Waals surface area contributed by atoms with Crippen LogP contribution in [0.15, 0.2) is 163 Å². The van der Waals surface area contributed by atoms with Crippen LogP contribution in [0.1, 0.15) is 152 Å². The molecular formula is C73H96N6O10. The number of benzene rings is 5. The Morgan fingerprint density at radius 1 is 0.404 bits per heavy atom. The van der Waals surface area contributed by atoms with E-state index in [1.54, 1.807) is 88.9 Å². The highest BCUT2D eigenvalue weighted by Crippen LogP contribution is 2.34. The minimum atomic E-state index is -1.06. The number of likely N-dealkylation sites (N-methyl/N-ethyl adjacent to an activating group) is 4. The highest BCUT2D eigenvalue weighted by atomic mass is 16.4. The minimum absolute atomic E-state index is 0.0506. The van der Waals surface area contributed by atoms with Crippen LogP contribution in [-0.4, -0.2) is 132 Å². The Bertz CT molecular complexity index is 3310. The van der Waals surface area contributed by atoms with E-state index in [9.17, 15) is 48.6 Å². The SMILES string of the molecule is CN[C@H](C(=O)N[C@H](C(=O)N(C)[C@H](/C=C(\C)C(=O)O)C(C)C)C(C)(C)C)C(C)(C)c1ccc(C(=O)c2ccccc2)cc1.CN[C@H](C(=O)N[C@H](C(=O)N(C)[C@H](/C=C(\C)C(=O)O)C(C)C)C(C)(C)c1ccc(C(=O)c2ccccc2)cc1)C(C)(C)c1ccccc1. The van der Waals surface area contributed by atoms with Gasteiger partial charge in [0.15, 0.2) is 11.6 Å². The van der Waals surface area contributed by atoms with Crippen molar-refractivity contribution in [3.63, 3.8) is 0 Å². The van der Waals surface area contributed by atoms with Crippen molar-refractivity contribution in [1.82, 2.24) is 31.1 Å². The number of nitrogens with zero attached hydrogens (tertiary/aromatic N) is 2. The zero-order valence-corrected chi connectivity index (χ0v) is 55.6. The van der Waals surface area contributed by atoms with Crippen molar-refractivity contribution < 1.29 is 48.6 Å². The second kappa shape index (κ2) is 31.2. The molecule has 5 aromatic rings. The standard InChI is InChI=1S/C39H49N3O5.C34H47N3O5/c1-25(2)31(24-26(3)37(46)47)42(9)36(45)34(41-35(44)33(40-8)38(4,5)29-18-14-11-15-19-29)39(6,7)30-22-20-28(21-23-30)32(43)27-16-12-10-13-17-27;1-21(2)26(20-22(3)32(41)42)37(10)31(40)29(33(4,5)6)36-30(39)28(35-9)34(7,8)25-18-16-24(17-19-25)27(38)23-14-12-11-13-15-23/h10-25,31,33-34,40H,1-9H3,(H,41,44)(H,46,47);11-21,26,28-29,35H,1-10H3,(H,36,39)(H,41,42)/b26-24+;22-20+/t31-,33-,34-;26-,28-,29-/m11/s1. The van der Waals surface area contributed by atoms with Crippen LogP contribution in [-0.2, 0) is 45.0 Å². The number of rotatable bonds is 26. The second-order valence-electron chi connectivity index (χ2n) is 26.4. The molecule has 6 N–H and O–H groups in total. The summed E-state index contributed by atoms with van der Waals surface area (Å²) in [5.74, 6) is -3.82. The van der Waals surface area contributed by atoms with Gasteiger partial charge in [0.1, 0.15) is 12.1 Å². The van der Waals surface area contributed by atoms with E-state index < -0.39 is 69.8 Å². The van der Waals surface area contributed by atoms with Gasteiger partial charge in [-0.1, -0.05) is 242 Å². The Labute approximate surface area is 528 Å². The largest absolute Gasteiger partial charge is 0.478 e. The Morgan fingerprint density at radius 2 is 0.674 bits per heavy atom. The fourth-order valence-corrected chi connectivity index (χ4v) is 11.1. The molecule has 0 aliphatic heterocycles. The Morgan fingerprint density at radius 3 is 0.966 bits per heavy atom. The molecule has 89 heavy (non-hydrogen) atoms. The maximum atomic E-state index is 14.5. The molecule has 0 aliphatic carbocycles. The van der Waals surface area contributed by atoms with Crippen molar-refractivity contribution in [2.24, 2.45) is 17.3 Å². The molecule has 0 saturated heterocycles.